The summed E-state index contributed by atoms with van der Waals surface area (Å²) in [5.41, 5.74) is 0.949. The van der Waals surface area contributed by atoms with Crippen molar-refractivity contribution in [3.05, 3.63) is 34.0 Å². The maximum absolute atomic E-state index is 12.5. The summed E-state index contributed by atoms with van der Waals surface area (Å²) in [6.07, 6.45) is -0.424. The Morgan fingerprint density at radius 1 is 1.04 bits per heavy atom. The molecule has 2 fully saturated rings. The fourth-order valence-electron chi connectivity index (χ4n) is 3.28. The Morgan fingerprint density at radius 3 is 2.41 bits per heavy atom. The highest BCUT2D eigenvalue weighted by Gasteiger charge is 2.21. The average Bonchev–Trinajstić information content (AvgIpc) is 2.71. The van der Waals surface area contributed by atoms with Gasteiger partial charge in [-0.05, 0) is 19.1 Å². The first-order valence-corrected chi connectivity index (χ1v) is 9.08. The van der Waals surface area contributed by atoms with Crippen LogP contribution in [0.15, 0.2) is 27.4 Å². The normalized spacial score (nSPS) is 18.0. The predicted octanol–water partition coefficient (Wildman–Crippen LogP) is 1.77. The van der Waals surface area contributed by atoms with E-state index in [1.54, 1.807) is 24.0 Å². The second-order valence-electron chi connectivity index (χ2n) is 6.58. The molecule has 0 N–H and O–H groups in total. The van der Waals surface area contributed by atoms with Gasteiger partial charge in [0.05, 0.1) is 31.8 Å². The van der Waals surface area contributed by atoms with Crippen molar-refractivity contribution < 1.29 is 23.4 Å². The molecule has 2 saturated heterocycles. The Hall–Kier alpha value is -2.58. The van der Waals surface area contributed by atoms with Gasteiger partial charge in [0, 0.05) is 37.8 Å². The molecule has 0 spiro atoms. The van der Waals surface area contributed by atoms with Crippen molar-refractivity contribution in [3.8, 4) is 5.75 Å². The lowest BCUT2D eigenvalue weighted by molar-refractivity contribution is 0.0415. The molecular formula is C19H22N2O6. The van der Waals surface area contributed by atoms with Gasteiger partial charge in [-0.25, -0.2) is 4.79 Å². The van der Waals surface area contributed by atoms with Crippen molar-refractivity contribution in [3.63, 3.8) is 0 Å². The second-order valence-corrected chi connectivity index (χ2v) is 6.58. The molecule has 1 aromatic heterocycles. The number of ether oxygens (including phenoxy) is 3. The van der Waals surface area contributed by atoms with Crippen LogP contribution < -0.4 is 15.1 Å². The van der Waals surface area contributed by atoms with Crippen molar-refractivity contribution in [1.29, 1.82) is 0 Å². The van der Waals surface area contributed by atoms with Crippen LogP contribution in [0.3, 0.4) is 0 Å². The number of hydrogen-bond donors (Lipinski definition) is 0. The van der Waals surface area contributed by atoms with Crippen LogP contribution in [0.2, 0.25) is 0 Å². The Balaban J connectivity index is 1.65. The Bertz CT molecular complexity index is 897. The van der Waals surface area contributed by atoms with Crippen LogP contribution in [0.1, 0.15) is 5.56 Å². The highest BCUT2D eigenvalue weighted by atomic mass is 16.6. The molecule has 2 aromatic rings. The summed E-state index contributed by atoms with van der Waals surface area (Å²) in [7, 11) is 0. The standard InChI is InChI=1S/C19H22N2O6/c1-13-16(26-19(23)21-6-10-25-11-7-21)3-2-14-15(22)12-17(27-18(13)14)20-4-8-24-9-5-20/h2-3,12H,4-11H2,1H3. The number of morpholine rings is 2. The fraction of sp³-hybridized carbons (Fsp3) is 0.474. The predicted molar refractivity (Wildman–Crippen MR) is 98.7 cm³/mol. The van der Waals surface area contributed by atoms with Crippen molar-refractivity contribution >= 4 is 22.9 Å². The van der Waals surface area contributed by atoms with Gasteiger partial charge >= 0.3 is 6.09 Å². The number of nitrogens with zero attached hydrogens (tertiary/aromatic N) is 2. The summed E-state index contributed by atoms with van der Waals surface area (Å²) in [5, 5.41) is 0.468. The number of anilines is 1. The summed E-state index contributed by atoms with van der Waals surface area (Å²) in [4.78, 5) is 28.5. The maximum atomic E-state index is 12.5. The lowest BCUT2D eigenvalue weighted by atomic mass is 10.1. The van der Waals surface area contributed by atoms with Gasteiger partial charge in [0.1, 0.15) is 11.3 Å². The van der Waals surface area contributed by atoms with Crippen molar-refractivity contribution in [1.82, 2.24) is 4.90 Å². The molecule has 3 heterocycles. The van der Waals surface area contributed by atoms with Gasteiger partial charge in [0.25, 0.3) is 0 Å². The van der Waals surface area contributed by atoms with E-state index < -0.39 is 6.09 Å². The zero-order valence-electron chi connectivity index (χ0n) is 15.2. The number of amides is 1. The highest BCUT2D eigenvalue weighted by Crippen LogP contribution is 2.29. The summed E-state index contributed by atoms with van der Waals surface area (Å²) in [6.45, 7) is 6.32. The van der Waals surface area contributed by atoms with E-state index in [1.807, 2.05) is 4.90 Å². The monoisotopic (exact) mass is 374 g/mol. The van der Waals surface area contributed by atoms with E-state index in [0.29, 0.717) is 80.8 Å². The summed E-state index contributed by atoms with van der Waals surface area (Å²) < 4.78 is 22.2. The number of fused-ring (bicyclic) bond motifs is 1. The quantitative estimate of drug-likeness (QED) is 0.792. The van der Waals surface area contributed by atoms with Crippen LogP contribution in [0.4, 0.5) is 10.7 Å². The second kappa shape index (κ2) is 7.58. The lowest BCUT2D eigenvalue weighted by Gasteiger charge is -2.27. The number of benzene rings is 1. The molecule has 0 atom stereocenters. The molecule has 2 aliphatic heterocycles. The van der Waals surface area contributed by atoms with Gasteiger partial charge in [-0.15, -0.1) is 0 Å². The summed E-state index contributed by atoms with van der Waals surface area (Å²) in [5.74, 6) is 0.900. The molecule has 0 saturated carbocycles. The van der Waals surface area contributed by atoms with E-state index in [0.717, 1.165) is 0 Å². The Kier molecular flexibility index (Phi) is 5.00. The third kappa shape index (κ3) is 3.63. The zero-order chi connectivity index (χ0) is 18.8. The topological polar surface area (TPSA) is 81.5 Å². The third-order valence-electron chi connectivity index (χ3n) is 4.87. The first-order valence-electron chi connectivity index (χ1n) is 9.08. The smallest absolute Gasteiger partial charge is 0.415 e. The van der Waals surface area contributed by atoms with E-state index in [2.05, 4.69) is 0 Å². The largest absolute Gasteiger partial charge is 0.440 e. The minimum absolute atomic E-state index is 0.119. The molecule has 1 aromatic carbocycles. The molecule has 27 heavy (non-hydrogen) atoms. The van der Waals surface area contributed by atoms with Crippen molar-refractivity contribution in [2.75, 3.05) is 57.5 Å². The van der Waals surface area contributed by atoms with Crippen LogP contribution in [0.25, 0.3) is 11.0 Å². The third-order valence-corrected chi connectivity index (χ3v) is 4.87. The number of hydrogen-bond acceptors (Lipinski definition) is 7. The van der Waals surface area contributed by atoms with Crippen LogP contribution in [0.5, 0.6) is 5.75 Å². The molecule has 2 aliphatic rings. The molecule has 0 unspecified atom stereocenters. The van der Waals surface area contributed by atoms with Crippen molar-refractivity contribution in [2.45, 2.75) is 6.92 Å². The minimum atomic E-state index is -0.424. The number of carbonyl (C=O) groups is 1. The highest BCUT2D eigenvalue weighted by molar-refractivity contribution is 5.84. The molecule has 0 radical (unpaired) electrons. The SMILES string of the molecule is Cc1c(OC(=O)N2CCOCC2)ccc2c(=O)cc(N3CCOCC3)oc12. The first kappa shape index (κ1) is 17.8. The molecule has 0 aliphatic carbocycles. The molecule has 1 amide bonds. The van der Waals surface area contributed by atoms with Crippen LogP contribution in [-0.4, -0.2) is 63.6 Å². The summed E-state index contributed by atoms with van der Waals surface area (Å²) in [6, 6.07) is 4.78. The first-order chi connectivity index (χ1) is 13.1. The molecular weight excluding hydrogens is 352 g/mol. The Morgan fingerprint density at radius 2 is 1.70 bits per heavy atom. The number of carbonyl (C=O) groups excluding carboxylic acids is 1. The van der Waals surface area contributed by atoms with E-state index in [4.69, 9.17) is 18.6 Å². The molecule has 8 heteroatoms. The molecule has 0 bridgehead atoms. The van der Waals surface area contributed by atoms with Gasteiger partial charge in [-0.3, -0.25) is 4.79 Å². The lowest BCUT2D eigenvalue weighted by Crippen LogP contribution is -2.42. The van der Waals surface area contributed by atoms with E-state index in [-0.39, 0.29) is 5.43 Å². The van der Waals surface area contributed by atoms with E-state index in [1.165, 1.54) is 6.07 Å². The van der Waals surface area contributed by atoms with Crippen LogP contribution in [-0.2, 0) is 9.47 Å². The van der Waals surface area contributed by atoms with Gasteiger partial charge in [-0.1, -0.05) is 0 Å². The van der Waals surface area contributed by atoms with Crippen LogP contribution >= 0.6 is 0 Å². The number of rotatable bonds is 2. The fourth-order valence-corrected chi connectivity index (χ4v) is 3.28. The number of aryl methyl sites for hydroxylation is 1. The summed E-state index contributed by atoms with van der Waals surface area (Å²) >= 11 is 0. The van der Waals surface area contributed by atoms with Gasteiger partial charge in [0.15, 0.2) is 11.3 Å². The zero-order valence-corrected chi connectivity index (χ0v) is 15.2. The van der Waals surface area contributed by atoms with E-state index >= 15 is 0 Å². The van der Waals surface area contributed by atoms with Gasteiger partial charge < -0.3 is 28.4 Å². The van der Waals surface area contributed by atoms with Crippen molar-refractivity contribution in [2.24, 2.45) is 0 Å². The Labute approximate surface area is 156 Å². The van der Waals surface area contributed by atoms with Gasteiger partial charge in [0.2, 0.25) is 0 Å². The van der Waals surface area contributed by atoms with Gasteiger partial charge in [-0.2, -0.15) is 0 Å². The van der Waals surface area contributed by atoms with Crippen LogP contribution in [0, 0.1) is 6.92 Å². The molecule has 4 rings (SSSR count). The molecule has 8 nitrogen and oxygen atoms in total. The average molecular weight is 374 g/mol. The maximum Gasteiger partial charge on any atom is 0.415 e. The van der Waals surface area contributed by atoms with E-state index in [9.17, 15) is 9.59 Å². The minimum Gasteiger partial charge on any atom is -0.440 e. The molecule has 144 valence electrons.